The number of esters is 1. The normalized spacial score (nSPS) is 11.9. The van der Waals surface area contributed by atoms with Crippen molar-refractivity contribution in [3.05, 3.63) is 95.8 Å². The highest BCUT2D eigenvalue weighted by atomic mass is 32.2. The molecule has 7 nitrogen and oxygen atoms in total. The van der Waals surface area contributed by atoms with Gasteiger partial charge in [0, 0.05) is 17.7 Å². The molecule has 0 aliphatic rings. The van der Waals surface area contributed by atoms with Crippen molar-refractivity contribution in [1.29, 1.82) is 0 Å². The Kier molecular flexibility index (Phi) is 7.21. The molecule has 3 aromatic carbocycles. The third kappa shape index (κ3) is 5.92. The zero-order valence-electron chi connectivity index (χ0n) is 17.1. The maximum atomic E-state index is 13.1. The van der Waals surface area contributed by atoms with Crippen LogP contribution in [0.25, 0.3) is 0 Å². The van der Waals surface area contributed by atoms with Crippen LogP contribution in [-0.2, 0) is 26.0 Å². The van der Waals surface area contributed by atoms with Crippen molar-refractivity contribution in [3.63, 3.8) is 0 Å². The number of benzene rings is 3. The van der Waals surface area contributed by atoms with E-state index in [0.717, 1.165) is 17.7 Å². The molecule has 0 saturated carbocycles. The van der Waals surface area contributed by atoms with Gasteiger partial charge in [-0.25, -0.2) is 17.6 Å². The lowest BCUT2D eigenvalue weighted by Gasteiger charge is -2.17. The number of amides is 1. The summed E-state index contributed by atoms with van der Waals surface area (Å²) in [5.41, 5.74) is 1.05. The molecule has 1 atom stereocenters. The van der Waals surface area contributed by atoms with E-state index in [-0.39, 0.29) is 22.6 Å². The Bertz CT molecular complexity index is 1200. The number of nitrogens with one attached hydrogen (secondary N) is 2. The number of anilines is 1. The van der Waals surface area contributed by atoms with Crippen LogP contribution in [-0.4, -0.2) is 33.4 Å². The lowest BCUT2D eigenvalue weighted by atomic mass is 10.1. The van der Waals surface area contributed by atoms with Crippen LogP contribution in [0.4, 0.5) is 10.1 Å². The molecule has 32 heavy (non-hydrogen) atoms. The van der Waals surface area contributed by atoms with Gasteiger partial charge in [-0.1, -0.05) is 36.4 Å². The van der Waals surface area contributed by atoms with Crippen LogP contribution in [0.2, 0.25) is 0 Å². The van der Waals surface area contributed by atoms with Gasteiger partial charge in [-0.2, -0.15) is 0 Å². The van der Waals surface area contributed by atoms with Gasteiger partial charge in [0.15, 0.2) is 0 Å². The number of carbonyl (C=O) groups is 2. The quantitative estimate of drug-likeness (QED) is 0.507. The average molecular weight is 456 g/mol. The number of rotatable bonds is 8. The first-order valence-corrected chi connectivity index (χ1v) is 11.1. The van der Waals surface area contributed by atoms with Crippen molar-refractivity contribution in [2.75, 3.05) is 11.8 Å². The highest BCUT2D eigenvalue weighted by Gasteiger charge is 2.23. The van der Waals surface area contributed by atoms with E-state index < -0.39 is 33.8 Å². The van der Waals surface area contributed by atoms with Gasteiger partial charge >= 0.3 is 5.97 Å². The molecule has 166 valence electrons. The minimum Gasteiger partial charge on any atom is -0.467 e. The van der Waals surface area contributed by atoms with Crippen LogP contribution >= 0.6 is 0 Å². The molecular weight excluding hydrogens is 435 g/mol. The number of sulfonamides is 1. The highest BCUT2D eigenvalue weighted by Crippen LogP contribution is 2.18. The van der Waals surface area contributed by atoms with E-state index in [0.29, 0.717) is 0 Å². The maximum Gasteiger partial charge on any atom is 0.328 e. The summed E-state index contributed by atoms with van der Waals surface area (Å²) < 4.78 is 45.5. The van der Waals surface area contributed by atoms with E-state index >= 15 is 0 Å². The smallest absolute Gasteiger partial charge is 0.328 e. The van der Waals surface area contributed by atoms with Crippen molar-refractivity contribution in [2.24, 2.45) is 0 Å². The predicted molar refractivity (Wildman–Crippen MR) is 117 cm³/mol. The first kappa shape index (κ1) is 23.0. The van der Waals surface area contributed by atoms with Crippen LogP contribution < -0.4 is 10.0 Å². The molecule has 0 aromatic heterocycles. The fraction of sp³-hybridized carbons (Fsp3) is 0.130. The molecule has 3 rings (SSSR count). The molecule has 0 unspecified atom stereocenters. The van der Waals surface area contributed by atoms with Gasteiger partial charge in [0.2, 0.25) is 0 Å². The summed E-state index contributed by atoms with van der Waals surface area (Å²) in [5.74, 6) is -1.75. The molecule has 9 heteroatoms. The summed E-state index contributed by atoms with van der Waals surface area (Å²) in [6.45, 7) is 0. The summed E-state index contributed by atoms with van der Waals surface area (Å²) in [7, 11) is -2.80. The van der Waals surface area contributed by atoms with Gasteiger partial charge in [-0.3, -0.25) is 9.52 Å². The molecule has 0 spiro atoms. The molecule has 3 aromatic rings. The fourth-order valence-corrected chi connectivity index (χ4v) is 4.07. The van der Waals surface area contributed by atoms with Gasteiger partial charge in [0.1, 0.15) is 11.9 Å². The molecule has 0 radical (unpaired) electrons. The highest BCUT2D eigenvalue weighted by molar-refractivity contribution is 7.92. The Morgan fingerprint density at radius 3 is 2.31 bits per heavy atom. The average Bonchev–Trinajstić information content (AvgIpc) is 2.80. The second kappa shape index (κ2) is 10.1. The van der Waals surface area contributed by atoms with E-state index in [2.05, 4.69) is 10.0 Å². The minimum atomic E-state index is -4.02. The lowest BCUT2D eigenvalue weighted by Crippen LogP contribution is -2.43. The maximum absolute atomic E-state index is 13.1. The van der Waals surface area contributed by atoms with Crippen LogP contribution in [0.5, 0.6) is 0 Å². The summed E-state index contributed by atoms with van der Waals surface area (Å²) in [6.07, 6.45) is 0.212. The molecule has 1 amide bonds. The Hall–Kier alpha value is -3.72. The zero-order valence-corrected chi connectivity index (χ0v) is 17.9. The van der Waals surface area contributed by atoms with Gasteiger partial charge in [-0.15, -0.1) is 0 Å². The summed E-state index contributed by atoms with van der Waals surface area (Å²) in [4.78, 5) is 24.8. The Labute approximate surface area is 185 Å². The standard InChI is InChI=1S/C23H21FN2O5S/c1-31-23(28)21(14-16-6-3-2-4-7-16)25-22(27)17-8-5-9-20(15-17)32(29,30)26-19-12-10-18(24)11-13-19/h2-13,15,21,26H,14H2,1H3,(H,25,27)/t21-/m1/s1. The van der Waals surface area contributed by atoms with Gasteiger partial charge < -0.3 is 10.1 Å². The second-order valence-electron chi connectivity index (χ2n) is 6.88. The second-order valence-corrected chi connectivity index (χ2v) is 8.56. The number of methoxy groups -OCH3 is 1. The summed E-state index contributed by atoms with van der Waals surface area (Å²) in [6, 6.07) is 18.3. The van der Waals surface area contributed by atoms with E-state index in [1.165, 1.54) is 43.5 Å². The van der Waals surface area contributed by atoms with Crippen molar-refractivity contribution >= 4 is 27.6 Å². The Morgan fingerprint density at radius 2 is 1.66 bits per heavy atom. The van der Waals surface area contributed by atoms with Crippen LogP contribution in [0, 0.1) is 5.82 Å². The number of ether oxygens (including phenoxy) is 1. The van der Waals surface area contributed by atoms with Crippen molar-refractivity contribution in [1.82, 2.24) is 5.32 Å². The number of halogens is 1. The molecule has 0 aliphatic heterocycles. The number of hydrogen-bond acceptors (Lipinski definition) is 5. The molecule has 0 fully saturated rings. The lowest BCUT2D eigenvalue weighted by molar-refractivity contribution is -0.142. The van der Waals surface area contributed by atoms with E-state index in [1.807, 2.05) is 30.3 Å². The van der Waals surface area contributed by atoms with Crippen molar-refractivity contribution in [2.45, 2.75) is 17.4 Å². The molecule has 0 heterocycles. The van der Waals surface area contributed by atoms with Gasteiger partial charge in [0.05, 0.1) is 12.0 Å². The molecule has 0 bridgehead atoms. The van der Waals surface area contributed by atoms with Gasteiger partial charge in [0.25, 0.3) is 15.9 Å². The van der Waals surface area contributed by atoms with Gasteiger partial charge in [-0.05, 0) is 48.0 Å². The molecule has 0 saturated heterocycles. The SMILES string of the molecule is COC(=O)[C@@H](Cc1ccccc1)NC(=O)c1cccc(S(=O)(=O)Nc2ccc(F)cc2)c1. The fourth-order valence-electron chi connectivity index (χ4n) is 2.96. The molecular formula is C23H21FN2O5S. The first-order chi connectivity index (χ1) is 15.3. The minimum absolute atomic E-state index is 0.0499. The Morgan fingerprint density at radius 1 is 0.969 bits per heavy atom. The first-order valence-electron chi connectivity index (χ1n) is 9.59. The molecule has 0 aliphatic carbocycles. The van der Waals surface area contributed by atoms with Crippen LogP contribution in [0.15, 0.2) is 83.8 Å². The zero-order chi connectivity index (χ0) is 23.1. The van der Waals surface area contributed by atoms with Crippen molar-refractivity contribution < 1.29 is 27.1 Å². The third-order valence-corrected chi connectivity index (χ3v) is 5.96. The van der Waals surface area contributed by atoms with E-state index in [1.54, 1.807) is 0 Å². The predicted octanol–water partition coefficient (Wildman–Crippen LogP) is 3.14. The Balaban J connectivity index is 1.78. The number of hydrogen-bond donors (Lipinski definition) is 2. The van der Waals surface area contributed by atoms with Crippen molar-refractivity contribution in [3.8, 4) is 0 Å². The largest absolute Gasteiger partial charge is 0.467 e. The van der Waals surface area contributed by atoms with E-state index in [4.69, 9.17) is 4.74 Å². The topological polar surface area (TPSA) is 102 Å². The number of carbonyl (C=O) groups excluding carboxylic acids is 2. The van der Waals surface area contributed by atoms with E-state index in [9.17, 15) is 22.4 Å². The van der Waals surface area contributed by atoms with Crippen LogP contribution in [0.3, 0.4) is 0 Å². The molecule has 2 N–H and O–H groups in total. The van der Waals surface area contributed by atoms with Crippen LogP contribution in [0.1, 0.15) is 15.9 Å². The third-order valence-electron chi connectivity index (χ3n) is 4.58. The monoisotopic (exact) mass is 456 g/mol. The summed E-state index contributed by atoms with van der Waals surface area (Å²) in [5, 5.41) is 2.60. The summed E-state index contributed by atoms with van der Waals surface area (Å²) >= 11 is 0.